The van der Waals surface area contributed by atoms with Crippen LogP contribution in [0.1, 0.15) is 5.56 Å². The first-order valence-corrected chi connectivity index (χ1v) is 7.07. The predicted octanol–water partition coefficient (Wildman–Crippen LogP) is 4.32. The first kappa shape index (κ1) is 11.3. The van der Waals surface area contributed by atoms with Gasteiger partial charge in [0, 0.05) is 21.9 Å². The van der Waals surface area contributed by atoms with E-state index in [1.165, 1.54) is 0 Å². The lowest BCUT2D eigenvalue weighted by atomic mass is 10.1. The largest absolute Gasteiger partial charge is 0.238 e. The van der Waals surface area contributed by atoms with E-state index in [4.69, 9.17) is 5.26 Å². The minimum Gasteiger partial charge on any atom is -0.238 e. The number of fused-ring (bicyclic) bond motifs is 1. The highest BCUT2D eigenvalue weighted by Gasteiger charge is 2.07. The van der Waals surface area contributed by atoms with E-state index in [1.54, 1.807) is 29.3 Å². The third-order valence-corrected chi connectivity index (χ3v) is 4.57. The van der Waals surface area contributed by atoms with E-state index in [-0.39, 0.29) is 0 Å². The summed E-state index contributed by atoms with van der Waals surface area (Å²) in [5.41, 5.74) is 0.717. The first-order chi connectivity index (χ1) is 8.88. The van der Waals surface area contributed by atoms with E-state index < -0.39 is 0 Å². The van der Waals surface area contributed by atoms with Gasteiger partial charge in [-0.25, -0.2) is 4.98 Å². The number of thiazole rings is 1. The molecule has 0 fully saturated rings. The van der Waals surface area contributed by atoms with Crippen molar-refractivity contribution in [3.05, 3.63) is 53.5 Å². The van der Waals surface area contributed by atoms with Crippen molar-refractivity contribution in [1.82, 2.24) is 4.98 Å². The quantitative estimate of drug-likeness (QED) is 0.694. The molecule has 0 aliphatic rings. The predicted molar refractivity (Wildman–Crippen MR) is 74.9 cm³/mol. The van der Waals surface area contributed by atoms with Crippen molar-refractivity contribution in [2.45, 2.75) is 9.24 Å². The Balaban J connectivity index is 2.16. The van der Waals surface area contributed by atoms with Gasteiger partial charge in [0.05, 0.1) is 11.6 Å². The molecule has 0 N–H and O–H groups in total. The summed E-state index contributed by atoms with van der Waals surface area (Å²) in [5, 5.41) is 13.2. The zero-order valence-electron chi connectivity index (χ0n) is 9.33. The monoisotopic (exact) mass is 268 g/mol. The van der Waals surface area contributed by atoms with Crippen molar-refractivity contribution >= 4 is 33.9 Å². The molecule has 18 heavy (non-hydrogen) atoms. The molecule has 2 aromatic carbocycles. The fraction of sp³-hybridized carbons (Fsp3) is 0. The number of nitriles is 1. The van der Waals surface area contributed by atoms with Crippen molar-refractivity contribution in [2.75, 3.05) is 0 Å². The van der Waals surface area contributed by atoms with Crippen LogP contribution < -0.4 is 0 Å². The van der Waals surface area contributed by atoms with Gasteiger partial charge in [-0.1, -0.05) is 36.0 Å². The third-order valence-electron chi connectivity index (χ3n) is 2.61. The van der Waals surface area contributed by atoms with Gasteiger partial charge >= 0.3 is 0 Å². The molecule has 0 aliphatic carbocycles. The molecule has 4 heteroatoms. The topological polar surface area (TPSA) is 36.7 Å². The van der Waals surface area contributed by atoms with Crippen LogP contribution in [0.15, 0.2) is 57.2 Å². The maximum atomic E-state index is 9.12. The van der Waals surface area contributed by atoms with E-state index in [0.717, 1.165) is 20.0 Å². The molecule has 0 bridgehead atoms. The van der Waals surface area contributed by atoms with Gasteiger partial charge in [-0.15, -0.1) is 11.3 Å². The van der Waals surface area contributed by atoms with E-state index >= 15 is 0 Å². The van der Waals surface area contributed by atoms with E-state index in [9.17, 15) is 0 Å². The Bertz CT molecular complexity index is 727. The molecule has 0 aliphatic heterocycles. The molecule has 1 heterocycles. The van der Waals surface area contributed by atoms with Crippen LogP contribution in [0.3, 0.4) is 0 Å². The Morgan fingerprint density at radius 3 is 2.67 bits per heavy atom. The molecular weight excluding hydrogens is 260 g/mol. The molecule has 3 rings (SSSR count). The van der Waals surface area contributed by atoms with E-state index in [2.05, 4.69) is 11.1 Å². The van der Waals surface area contributed by atoms with E-state index in [0.29, 0.717) is 5.56 Å². The van der Waals surface area contributed by atoms with Crippen LogP contribution in [0, 0.1) is 11.3 Å². The Kier molecular flexibility index (Phi) is 3.01. The first-order valence-electron chi connectivity index (χ1n) is 5.37. The minimum atomic E-state index is 0.717. The van der Waals surface area contributed by atoms with Crippen LogP contribution in [-0.2, 0) is 0 Å². The summed E-state index contributed by atoms with van der Waals surface area (Å²) in [5.74, 6) is 0. The highest BCUT2D eigenvalue weighted by atomic mass is 32.2. The summed E-state index contributed by atoms with van der Waals surface area (Å²) in [6, 6.07) is 14.1. The van der Waals surface area contributed by atoms with Gasteiger partial charge in [0.25, 0.3) is 0 Å². The second-order valence-corrected chi connectivity index (χ2v) is 5.85. The van der Waals surface area contributed by atoms with Crippen LogP contribution in [-0.4, -0.2) is 4.98 Å². The average molecular weight is 268 g/mol. The summed E-state index contributed by atoms with van der Waals surface area (Å²) in [7, 11) is 0. The smallest absolute Gasteiger partial charge is 0.154 e. The number of nitrogens with zero attached hydrogens (tertiary/aromatic N) is 2. The highest BCUT2D eigenvalue weighted by molar-refractivity contribution is 8.01. The summed E-state index contributed by atoms with van der Waals surface area (Å²) >= 11 is 3.26. The van der Waals surface area contributed by atoms with Crippen molar-refractivity contribution in [1.29, 1.82) is 5.26 Å². The van der Waals surface area contributed by atoms with Crippen molar-refractivity contribution in [3.63, 3.8) is 0 Å². The van der Waals surface area contributed by atoms with Crippen molar-refractivity contribution in [3.8, 4) is 6.07 Å². The van der Waals surface area contributed by atoms with Crippen LogP contribution in [0.5, 0.6) is 0 Å². The van der Waals surface area contributed by atoms with Crippen LogP contribution in [0.4, 0.5) is 0 Å². The minimum absolute atomic E-state index is 0.717. The molecule has 0 saturated carbocycles. The maximum absolute atomic E-state index is 9.12. The zero-order chi connectivity index (χ0) is 12.4. The lowest BCUT2D eigenvalue weighted by Gasteiger charge is -2.05. The number of rotatable bonds is 2. The fourth-order valence-corrected chi connectivity index (χ4v) is 3.53. The van der Waals surface area contributed by atoms with Gasteiger partial charge in [0.2, 0.25) is 0 Å². The Morgan fingerprint density at radius 2 is 1.94 bits per heavy atom. The molecule has 0 spiro atoms. The summed E-state index contributed by atoms with van der Waals surface area (Å²) in [6.45, 7) is 0. The maximum Gasteiger partial charge on any atom is 0.154 e. The molecule has 3 aromatic rings. The van der Waals surface area contributed by atoms with Gasteiger partial charge in [0.15, 0.2) is 4.34 Å². The lowest BCUT2D eigenvalue weighted by Crippen LogP contribution is -1.82. The van der Waals surface area contributed by atoms with Crippen LogP contribution in [0.2, 0.25) is 0 Å². The van der Waals surface area contributed by atoms with E-state index in [1.807, 2.05) is 41.8 Å². The van der Waals surface area contributed by atoms with Crippen molar-refractivity contribution in [2.24, 2.45) is 0 Å². The van der Waals surface area contributed by atoms with Crippen LogP contribution in [0.25, 0.3) is 10.8 Å². The summed E-state index contributed by atoms with van der Waals surface area (Å²) in [4.78, 5) is 5.42. The SMILES string of the molecule is N#Cc1ccc(Sc2nccs2)c2ccccc12. The Morgan fingerprint density at radius 1 is 1.11 bits per heavy atom. The standard InChI is InChI=1S/C14H8N2S2/c15-9-10-5-6-13(18-14-16-7-8-17-14)12-4-2-1-3-11(10)12/h1-8H. The summed E-state index contributed by atoms with van der Waals surface area (Å²) in [6.07, 6.45) is 1.80. The number of hydrogen-bond acceptors (Lipinski definition) is 4. The molecular formula is C14H8N2S2. The normalized spacial score (nSPS) is 10.4. The van der Waals surface area contributed by atoms with Gasteiger partial charge < -0.3 is 0 Å². The zero-order valence-corrected chi connectivity index (χ0v) is 11.0. The second kappa shape index (κ2) is 4.81. The molecule has 0 radical (unpaired) electrons. The highest BCUT2D eigenvalue weighted by Crippen LogP contribution is 2.35. The second-order valence-electron chi connectivity index (χ2n) is 3.67. The van der Waals surface area contributed by atoms with Gasteiger partial charge in [-0.05, 0) is 17.5 Å². The molecule has 0 amide bonds. The third kappa shape index (κ3) is 1.99. The lowest BCUT2D eigenvalue weighted by molar-refractivity contribution is 1.25. The van der Waals surface area contributed by atoms with Crippen LogP contribution >= 0.6 is 23.1 Å². The van der Waals surface area contributed by atoms with Crippen molar-refractivity contribution < 1.29 is 0 Å². The Labute approximate surface area is 113 Å². The molecule has 86 valence electrons. The fourth-order valence-electron chi connectivity index (χ4n) is 1.81. The Hall–Kier alpha value is -1.83. The molecule has 0 atom stereocenters. The molecule has 0 saturated heterocycles. The van der Waals surface area contributed by atoms with Gasteiger partial charge in [-0.3, -0.25) is 0 Å². The molecule has 1 aromatic heterocycles. The molecule has 2 nitrogen and oxygen atoms in total. The molecule has 0 unspecified atom stereocenters. The van der Waals surface area contributed by atoms with Gasteiger partial charge in [-0.2, -0.15) is 5.26 Å². The summed E-state index contributed by atoms with van der Waals surface area (Å²) < 4.78 is 1.02. The average Bonchev–Trinajstić information content (AvgIpc) is 2.92. The number of aromatic nitrogens is 1. The number of hydrogen-bond donors (Lipinski definition) is 0. The number of benzene rings is 2. The van der Waals surface area contributed by atoms with Gasteiger partial charge in [0.1, 0.15) is 0 Å².